The molecule has 6 heteroatoms. The van der Waals surface area contributed by atoms with Gasteiger partial charge in [0.1, 0.15) is 11.4 Å². The summed E-state index contributed by atoms with van der Waals surface area (Å²) in [7, 11) is -1.88. The quantitative estimate of drug-likeness (QED) is 0.492. The van der Waals surface area contributed by atoms with Gasteiger partial charge in [-0.1, -0.05) is 36.4 Å². The highest BCUT2D eigenvalue weighted by molar-refractivity contribution is 6.62. The Kier molecular flexibility index (Phi) is 3.12. The number of aromatic carboxylic acids is 1. The number of fused-ring (bicyclic) bond motifs is 3. The van der Waals surface area contributed by atoms with E-state index >= 15 is 0 Å². The van der Waals surface area contributed by atoms with E-state index in [-0.39, 0.29) is 10.8 Å². The minimum atomic E-state index is -1.88. The first kappa shape index (κ1) is 13.5. The Morgan fingerprint density at radius 2 is 1.76 bits per heavy atom. The standard InChI is InChI=1S/C15H10BFO4/c17-12-7-11(16(20)21)10-6-5-8-3-1-2-4-9(8)13(10)14(12)15(18)19/h1-7,20-21H,(H,18,19). The van der Waals surface area contributed by atoms with Crippen LogP contribution in [0.3, 0.4) is 0 Å². The van der Waals surface area contributed by atoms with Gasteiger partial charge < -0.3 is 15.2 Å². The van der Waals surface area contributed by atoms with Gasteiger partial charge in [0.25, 0.3) is 0 Å². The maximum absolute atomic E-state index is 14.1. The van der Waals surface area contributed by atoms with E-state index in [1.54, 1.807) is 36.4 Å². The predicted octanol–water partition coefficient (Wildman–Crippen LogP) is 1.51. The number of hydrogen-bond acceptors (Lipinski definition) is 3. The van der Waals surface area contributed by atoms with Gasteiger partial charge in [-0.05, 0) is 27.7 Å². The number of rotatable bonds is 2. The molecule has 0 unspecified atom stereocenters. The summed E-state index contributed by atoms with van der Waals surface area (Å²) in [4.78, 5) is 11.4. The molecule has 0 aliphatic rings. The Morgan fingerprint density at radius 3 is 2.43 bits per heavy atom. The van der Waals surface area contributed by atoms with E-state index in [4.69, 9.17) is 0 Å². The summed E-state index contributed by atoms with van der Waals surface area (Å²) >= 11 is 0. The Morgan fingerprint density at radius 1 is 1.05 bits per heavy atom. The molecule has 0 aliphatic heterocycles. The molecule has 3 aromatic carbocycles. The van der Waals surface area contributed by atoms with Gasteiger partial charge >= 0.3 is 13.1 Å². The van der Waals surface area contributed by atoms with Gasteiger partial charge in [-0.3, -0.25) is 0 Å². The van der Waals surface area contributed by atoms with E-state index < -0.39 is 24.5 Å². The molecule has 0 aliphatic carbocycles. The second-order valence-corrected chi connectivity index (χ2v) is 4.71. The van der Waals surface area contributed by atoms with Crippen LogP contribution in [0.1, 0.15) is 10.4 Å². The van der Waals surface area contributed by atoms with Crippen LogP contribution in [0.2, 0.25) is 0 Å². The second-order valence-electron chi connectivity index (χ2n) is 4.71. The van der Waals surface area contributed by atoms with Crippen LogP contribution in [-0.2, 0) is 0 Å². The molecule has 0 heterocycles. The van der Waals surface area contributed by atoms with Crippen LogP contribution in [0, 0.1) is 5.82 Å². The van der Waals surface area contributed by atoms with E-state index in [9.17, 15) is 24.3 Å². The molecule has 4 nitrogen and oxygen atoms in total. The Labute approximate surface area is 119 Å². The van der Waals surface area contributed by atoms with Crippen molar-refractivity contribution in [3.05, 3.63) is 53.8 Å². The van der Waals surface area contributed by atoms with E-state index in [1.165, 1.54) is 0 Å². The molecule has 0 fully saturated rings. The van der Waals surface area contributed by atoms with Crippen molar-refractivity contribution in [2.75, 3.05) is 0 Å². The summed E-state index contributed by atoms with van der Waals surface area (Å²) in [6.07, 6.45) is 0. The molecular formula is C15H10BFO4. The molecule has 3 aromatic rings. The first-order valence-corrected chi connectivity index (χ1v) is 6.24. The van der Waals surface area contributed by atoms with Crippen LogP contribution in [0.5, 0.6) is 0 Å². The lowest BCUT2D eigenvalue weighted by molar-refractivity contribution is 0.0694. The average Bonchev–Trinajstić information content (AvgIpc) is 2.45. The van der Waals surface area contributed by atoms with Crippen LogP contribution in [0.4, 0.5) is 4.39 Å². The SMILES string of the molecule is O=C(O)c1c(F)cc(B(O)O)c2ccc3ccccc3c12. The van der Waals surface area contributed by atoms with Crippen LogP contribution >= 0.6 is 0 Å². The monoisotopic (exact) mass is 284 g/mol. The zero-order valence-corrected chi connectivity index (χ0v) is 10.7. The summed E-state index contributed by atoms with van der Waals surface area (Å²) in [6, 6.07) is 11.1. The van der Waals surface area contributed by atoms with Crippen molar-refractivity contribution >= 4 is 40.1 Å². The fraction of sp³-hybridized carbons (Fsp3) is 0. The zero-order chi connectivity index (χ0) is 15.1. The fourth-order valence-corrected chi connectivity index (χ4v) is 2.61. The largest absolute Gasteiger partial charge is 0.489 e. The first-order chi connectivity index (χ1) is 10.0. The normalized spacial score (nSPS) is 11.0. The number of carbonyl (C=O) groups is 1. The molecule has 3 rings (SSSR count). The average molecular weight is 284 g/mol. The van der Waals surface area contributed by atoms with Gasteiger partial charge in [-0.25, -0.2) is 9.18 Å². The van der Waals surface area contributed by atoms with Crippen molar-refractivity contribution < 1.29 is 24.3 Å². The molecule has 104 valence electrons. The summed E-state index contributed by atoms with van der Waals surface area (Å²) in [5.74, 6) is -2.39. The minimum absolute atomic E-state index is 0.0572. The topological polar surface area (TPSA) is 77.8 Å². The van der Waals surface area contributed by atoms with Crippen molar-refractivity contribution in [3.63, 3.8) is 0 Å². The number of carboxylic acids is 1. The lowest BCUT2D eigenvalue weighted by Gasteiger charge is -2.12. The number of halogens is 1. The highest BCUT2D eigenvalue weighted by Gasteiger charge is 2.24. The van der Waals surface area contributed by atoms with Crippen molar-refractivity contribution in [1.29, 1.82) is 0 Å². The van der Waals surface area contributed by atoms with Crippen molar-refractivity contribution in [2.45, 2.75) is 0 Å². The van der Waals surface area contributed by atoms with Crippen molar-refractivity contribution in [3.8, 4) is 0 Å². The Hall–Kier alpha value is -2.44. The summed E-state index contributed by atoms with van der Waals surface area (Å²) in [5.41, 5.74) is -0.524. The van der Waals surface area contributed by atoms with Crippen LogP contribution in [0.15, 0.2) is 42.5 Å². The summed E-state index contributed by atoms with van der Waals surface area (Å²) in [5, 5.41) is 29.8. The zero-order valence-electron chi connectivity index (χ0n) is 10.7. The van der Waals surface area contributed by atoms with Crippen LogP contribution < -0.4 is 5.46 Å². The highest BCUT2D eigenvalue weighted by Crippen LogP contribution is 2.29. The van der Waals surface area contributed by atoms with Crippen molar-refractivity contribution in [2.24, 2.45) is 0 Å². The van der Waals surface area contributed by atoms with Gasteiger partial charge in [0, 0.05) is 5.39 Å². The predicted molar refractivity (Wildman–Crippen MR) is 78.2 cm³/mol. The molecule has 0 spiro atoms. The van der Waals surface area contributed by atoms with Crippen molar-refractivity contribution in [1.82, 2.24) is 0 Å². The molecule has 0 radical (unpaired) electrons. The van der Waals surface area contributed by atoms with Gasteiger partial charge in [-0.2, -0.15) is 0 Å². The number of carboxylic acid groups (broad SMARTS) is 1. The van der Waals surface area contributed by atoms with Crippen LogP contribution in [-0.4, -0.2) is 28.2 Å². The Bertz CT molecular complexity index is 876. The molecule has 0 saturated heterocycles. The third kappa shape index (κ3) is 2.05. The molecule has 21 heavy (non-hydrogen) atoms. The van der Waals surface area contributed by atoms with Gasteiger partial charge in [0.15, 0.2) is 0 Å². The lowest BCUT2D eigenvalue weighted by Crippen LogP contribution is -2.31. The number of benzene rings is 3. The van der Waals surface area contributed by atoms with E-state index in [0.29, 0.717) is 10.8 Å². The maximum Gasteiger partial charge on any atom is 0.489 e. The molecular weight excluding hydrogens is 274 g/mol. The second kappa shape index (κ2) is 4.84. The Balaban J connectivity index is 2.62. The minimum Gasteiger partial charge on any atom is -0.478 e. The van der Waals surface area contributed by atoms with Gasteiger partial charge in [-0.15, -0.1) is 0 Å². The third-order valence-electron chi connectivity index (χ3n) is 3.50. The van der Waals surface area contributed by atoms with Gasteiger partial charge in [0.05, 0.1) is 0 Å². The van der Waals surface area contributed by atoms with E-state index in [0.717, 1.165) is 11.5 Å². The molecule has 3 N–H and O–H groups in total. The molecule has 0 amide bonds. The molecule has 0 aromatic heterocycles. The number of hydrogen-bond donors (Lipinski definition) is 3. The summed E-state index contributed by atoms with van der Waals surface area (Å²) < 4.78 is 14.1. The van der Waals surface area contributed by atoms with E-state index in [1.807, 2.05) is 0 Å². The summed E-state index contributed by atoms with van der Waals surface area (Å²) in [6.45, 7) is 0. The maximum atomic E-state index is 14.1. The smallest absolute Gasteiger partial charge is 0.478 e. The molecule has 0 atom stereocenters. The van der Waals surface area contributed by atoms with Gasteiger partial charge in [0.2, 0.25) is 0 Å². The third-order valence-corrected chi connectivity index (χ3v) is 3.50. The highest BCUT2D eigenvalue weighted by atomic mass is 19.1. The lowest BCUT2D eigenvalue weighted by atomic mass is 9.75. The van der Waals surface area contributed by atoms with Crippen LogP contribution in [0.25, 0.3) is 21.5 Å². The van der Waals surface area contributed by atoms with E-state index in [2.05, 4.69) is 0 Å². The molecule has 0 saturated carbocycles. The fourth-order valence-electron chi connectivity index (χ4n) is 2.61. The molecule has 0 bridgehead atoms. The first-order valence-electron chi connectivity index (χ1n) is 6.24.